The van der Waals surface area contributed by atoms with Gasteiger partial charge in [0.15, 0.2) is 0 Å². The van der Waals surface area contributed by atoms with Crippen LogP contribution < -0.4 is 5.32 Å². The van der Waals surface area contributed by atoms with Crippen LogP contribution in [0.1, 0.15) is 41.0 Å². The van der Waals surface area contributed by atoms with Gasteiger partial charge in [0, 0.05) is 4.88 Å². The van der Waals surface area contributed by atoms with Crippen LogP contribution >= 0.6 is 11.3 Å². The molecule has 1 atom stereocenters. The molecule has 0 aliphatic rings. The molecular formula is C17H21NOS. The summed E-state index contributed by atoms with van der Waals surface area (Å²) in [6.07, 6.45) is 1.37. The molecule has 1 aromatic carbocycles. The molecule has 106 valence electrons. The molecule has 20 heavy (non-hydrogen) atoms. The number of amides is 1. The summed E-state index contributed by atoms with van der Waals surface area (Å²) in [5, 5.41) is 5.14. The Bertz CT molecular complexity index is 575. The first-order chi connectivity index (χ1) is 9.60. The molecule has 0 saturated carbocycles. The van der Waals surface area contributed by atoms with Gasteiger partial charge in [-0.3, -0.25) is 4.79 Å². The minimum absolute atomic E-state index is 0.0949. The zero-order valence-corrected chi connectivity index (χ0v) is 13.1. The van der Waals surface area contributed by atoms with Crippen LogP contribution in [-0.2, 0) is 11.2 Å². The molecule has 0 fully saturated rings. The third-order valence-electron chi connectivity index (χ3n) is 3.59. The Balaban J connectivity index is 2.04. The Morgan fingerprint density at radius 2 is 2.05 bits per heavy atom. The summed E-state index contributed by atoms with van der Waals surface area (Å²) in [7, 11) is 0. The van der Waals surface area contributed by atoms with Crippen LogP contribution in [0, 0.1) is 13.8 Å². The summed E-state index contributed by atoms with van der Waals surface area (Å²) in [6, 6.07) is 10.5. The van der Waals surface area contributed by atoms with Gasteiger partial charge in [-0.05, 0) is 48.4 Å². The van der Waals surface area contributed by atoms with E-state index >= 15 is 0 Å². The van der Waals surface area contributed by atoms with E-state index in [2.05, 4.69) is 44.3 Å². The van der Waals surface area contributed by atoms with E-state index in [1.165, 1.54) is 16.7 Å². The van der Waals surface area contributed by atoms with Crippen LogP contribution in [-0.4, -0.2) is 5.91 Å². The molecule has 0 aliphatic heterocycles. The van der Waals surface area contributed by atoms with E-state index in [0.717, 1.165) is 11.3 Å². The van der Waals surface area contributed by atoms with Crippen molar-refractivity contribution >= 4 is 17.2 Å². The lowest BCUT2D eigenvalue weighted by molar-refractivity contribution is -0.121. The lowest BCUT2D eigenvalue weighted by Gasteiger charge is -2.18. The van der Waals surface area contributed by atoms with Crippen molar-refractivity contribution in [1.82, 2.24) is 5.32 Å². The van der Waals surface area contributed by atoms with Gasteiger partial charge in [0.1, 0.15) is 0 Å². The minimum atomic E-state index is 0.0949. The maximum Gasteiger partial charge on any atom is 0.225 e. The van der Waals surface area contributed by atoms with Gasteiger partial charge in [-0.25, -0.2) is 0 Å². The smallest absolute Gasteiger partial charge is 0.225 e. The standard InChI is InChI=1S/C17H21NOS/c1-4-16(14-8-7-12(2)13(3)10-14)18-17(19)11-15-6-5-9-20-15/h5-10,16H,4,11H2,1-3H3,(H,18,19)/t16-/m1/s1. The summed E-state index contributed by atoms with van der Waals surface area (Å²) in [5.74, 6) is 0.0949. The number of aryl methyl sites for hydroxylation is 2. The Labute approximate surface area is 124 Å². The van der Waals surface area contributed by atoms with Crippen molar-refractivity contribution in [3.63, 3.8) is 0 Å². The number of rotatable bonds is 5. The Kier molecular flexibility index (Phi) is 4.96. The highest BCUT2D eigenvalue weighted by atomic mass is 32.1. The number of nitrogens with one attached hydrogen (secondary N) is 1. The third kappa shape index (κ3) is 3.70. The van der Waals surface area contributed by atoms with Crippen LogP contribution in [0.5, 0.6) is 0 Å². The van der Waals surface area contributed by atoms with Gasteiger partial charge in [-0.2, -0.15) is 0 Å². The topological polar surface area (TPSA) is 29.1 Å². The SMILES string of the molecule is CC[C@@H](NC(=O)Cc1cccs1)c1ccc(C)c(C)c1. The van der Waals surface area contributed by atoms with E-state index in [9.17, 15) is 4.79 Å². The predicted molar refractivity (Wildman–Crippen MR) is 85.1 cm³/mol. The summed E-state index contributed by atoms with van der Waals surface area (Å²) >= 11 is 1.63. The van der Waals surface area contributed by atoms with E-state index in [4.69, 9.17) is 0 Å². The lowest BCUT2D eigenvalue weighted by Crippen LogP contribution is -2.29. The van der Waals surface area contributed by atoms with Gasteiger partial charge in [0.2, 0.25) is 5.91 Å². The molecule has 0 bridgehead atoms. The number of carbonyl (C=O) groups excluding carboxylic acids is 1. The van der Waals surface area contributed by atoms with Gasteiger partial charge >= 0.3 is 0 Å². The maximum absolute atomic E-state index is 12.1. The van der Waals surface area contributed by atoms with Gasteiger partial charge in [0.05, 0.1) is 12.5 Å². The fraction of sp³-hybridized carbons (Fsp3) is 0.353. The molecule has 0 spiro atoms. The van der Waals surface area contributed by atoms with Crippen molar-refractivity contribution in [2.24, 2.45) is 0 Å². The predicted octanol–water partition coefficient (Wildman–Crippen LogP) is 4.17. The first kappa shape index (κ1) is 14.8. The molecule has 3 heteroatoms. The quantitative estimate of drug-likeness (QED) is 0.878. The number of carbonyl (C=O) groups is 1. The van der Waals surface area contributed by atoms with E-state index < -0.39 is 0 Å². The second-order valence-electron chi connectivity index (χ2n) is 5.13. The van der Waals surface area contributed by atoms with Crippen molar-refractivity contribution in [1.29, 1.82) is 0 Å². The van der Waals surface area contributed by atoms with Crippen LogP contribution in [0.25, 0.3) is 0 Å². The molecule has 2 nitrogen and oxygen atoms in total. The van der Waals surface area contributed by atoms with Gasteiger partial charge in [-0.15, -0.1) is 11.3 Å². The first-order valence-electron chi connectivity index (χ1n) is 6.99. The molecule has 0 unspecified atom stereocenters. The highest BCUT2D eigenvalue weighted by Gasteiger charge is 2.13. The molecule has 1 N–H and O–H groups in total. The largest absolute Gasteiger partial charge is 0.349 e. The molecule has 2 aromatic rings. The van der Waals surface area contributed by atoms with E-state index in [1.807, 2.05) is 17.5 Å². The van der Waals surface area contributed by atoms with Crippen LogP contribution in [0.4, 0.5) is 0 Å². The summed E-state index contributed by atoms with van der Waals surface area (Å²) in [6.45, 7) is 6.32. The van der Waals surface area contributed by atoms with E-state index in [1.54, 1.807) is 11.3 Å². The number of benzene rings is 1. The fourth-order valence-electron chi connectivity index (χ4n) is 2.22. The van der Waals surface area contributed by atoms with E-state index in [-0.39, 0.29) is 11.9 Å². The highest BCUT2D eigenvalue weighted by Crippen LogP contribution is 2.20. The van der Waals surface area contributed by atoms with E-state index in [0.29, 0.717) is 6.42 Å². The molecular weight excluding hydrogens is 266 g/mol. The monoisotopic (exact) mass is 287 g/mol. The van der Waals surface area contributed by atoms with Crippen molar-refractivity contribution in [2.45, 2.75) is 39.7 Å². The molecule has 1 amide bonds. The Morgan fingerprint density at radius 3 is 2.65 bits per heavy atom. The third-order valence-corrected chi connectivity index (χ3v) is 4.47. The second kappa shape index (κ2) is 6.71. The Morgan fingerprint density at radius 1 is 1.25 bits per heavy atom. The molecule has 2 rings (SSSR count). The molecule has 0 aliphatic carbocycles. The van der Waals surface area contributed by atoms with Crippen molar-refractivity contribution in [3.8, 4) is 0 Å². The zero-order chi connectivity index (χ0) is 14.5. The summed E-state index contributed by atoms with van der Waals surface area (Å²) in [5.41, 5.74) is 3.75. The van der Waals surface area contributed by atoms with Crippen molar-refractivity contribution < 1.29 is 4.79 Å². The number of hydrogen-bond donors (Lipinski definition) is 1. The highest BCUT2D eigenvalue weighted by molar-refractivity contribution is 7.10. The molecule has 0 saturated heterocycles. The van der Waals surface area contributed by atoms with Crippen molar-refractivity contribution in [2.75, 3.05) is 0 Å². The summed E-state index contributed by atoms with van der Waals surface area (Å²) < 4.78 is 0. The fourth-order valence-corrected chi connectivity index (χ4v) is 2.92. The minimum Gasteiger partial charge on any atom is -0.349 e. The lowest BCUT2D eigenvalue weighted by atomic mass is 9.99. The van der Waals surface area contributed by atoms with Crippen LogP contribution in [0.3, 0.4) is 0 Å². The maximum atomic E-state index is 12.1. The number of hydrogen-bond acceptors (Lipinski definition) is 2. The first-order valence-corrected chi connectivity index (χ1v) is 7.87. The molecule has 1 aromatic heterocycles. The second-order valence-corrected chi connectivity index (χ2v) is 6.16. The average molecular weight is 287 g/mol. The normalized spacial score (nSPS) is 12.2. The van der Waals surface area contributed by atoms with Crippen molar-refractivity contribution in [3.05, 3.63) is 57.3 Å². The average Bonchev–Trinajstić information content (AvgIpc) is 2.92. The zero-order valence-electron chi connectivity index (χ0n) is 12.3. The van der Waals surface area contributed by atoms with Crippen LogP contribution in [0.15, 0.2) is 35.7 Å². The van der Waals surface area contributed by atoms with Gasteiger partial charge in [-0.1, -0.05) is 31.2 Å². The van der Waals surface area contributed by atoms with Gasteiger partial charge in [0.25, 0.3) is 0 Å². The Hall–Kier alpha value is -1.61. The number of thiophene rings is 1. The molecule has 1 heterocycles. The molecule has 0 radical (unpaired) electrons. The van der Waals surface area contributed by atoms with Gasteiger partial charge < -0.3 is 5.32 Å². The van der Waals surface area contributed by atoms with Crippen LogP contribution in [0.2, 0.25) is 0 Å². The summed E-state index contributed by atoms with van der Waals surface area (Å²) in [4.78, 5) is 13.2.